The third-order valence-corrected chi connectivity index (χ3v) is 8.71. The molecule has 2 unspecified atom stereocenters. The maximum Gasteiger partial charge on any atom is 0.198 e. The summed E-state index contributed by atoms with van der Waals surface area (Å²) >= 11 is 0. The standard InChI is InChI=1S/C29H38O7/c1-27(31-3)24-23(19-33-16-20-11-7-5-8-12-20)36-29(15-22(30)18-35-29)26(25(24)28(27,2)32-4)34-17-21-13-9-6-10-14-21/h5-14,22-26,30H,15-19H2,1-4H3/t22-,23-,24+,25-,26+,27?,28?,29+/m0/s1. The van der Waals surface area contributed by atoms with Gasteiger partial charge in [0.2, 0.25) is 0 Å². The van der Waals surface area contributed by atoms with Crippen molar-refractivity contribution >= 4 is 0 Å². The minimum Gasteiger partial charge on any atom is -0.391 e. The highest BCUT2D eigenvalue weighted by atomic mass is 16.7. The highest BCUT2D eigenvalue weighted by Crippen LogP contribution is 2.64. The van der Waals surface area contributed by atoms with E-state index in [2.05, 4.69) is 13.8 Å². The summed E-state index contributed by atoms with van der Waals surface area (Å²) in [6, 6.07) is 20.1. The maximum atomic E-state index is 10.5. The normalized spacial score (nSPS) is 39.6. The lowest BCUT2D eigenvalue weighted by Gasteiger charge is -2.71. The summed E-state index contributed by atoms with van der Waals surface area (Å²) in [5.41, 5.74) is 0.879. The Bertz CT molecular complexity index is 1000. The van der Waals surface area contributed by atoms with Crippen LogP contribution in [0.5, 0.6) is 0 Å². The average Bonchev–Trinajstić information content (AvgIpc) is 3.28. The Morgan fingerprint density at radius 1 is 0.861 bits per heavy atom. The van der Waals surface area contributed by atoms with E-state index in [-0.39, 0.29) is 24.5 Å². The molecule has 0 amide bonds. The third-order valence-electron chi connectivity index (χ3n) is 8.71. The van der Waals surface area contributed by atoms with Gasteiger partial charge in [0.1, 0.15) is 6.10 Å². The lowest BCUT2D eigenvalue weighted by atomic mass is 9.46. The topological polar surface area (TPSA) is 75.6 Å². The zero-order chi connectivity index (χ0) is 25.4. The van der Waals surface area contributed by atoms with E-state index in [0.717, 1.165) is 11.1 Å². The van der Waals surface area contributed by atoms with Crippen molar-refractivity contribution in [2.24, 2.45) is 11.8 Å². The minimum atomic E-state index is -1.09. The van der Waals surface area contributed by atoms with Crippen LogP contribution in [0.4, 0.5) is 0 Å². The van der Waals surface area contributed by atoms with E-state index in [4.69, 9.17) is 28.4 Å². The van der Waals surface area contributed by atoms with Crippen LogP contribution >= 0.6 is 0 Å². The van der Waals surface area contributed by atoms with Gasteiger partial charge < -0.3 is 33.5 Å². The molecule has 8 atom stereocenters. The summed E-state index contributed by atoms with van der Waals surface area (Å²) in [6.07, 6.45) is -1.08. The van der Waals surface area contributed by atoms with Gasteiger partial charge in [-0.3, -0.25) is 0 Å². The summed E-state index contributed by atoms with van der Waals surface area (Å²) < 4.78 is 38.0. The predicted octanol–water partition coefficient (Wildman–Crippen LogP) is 3.72. The molecule has 196 valence electrons. The van der Waals surface area contributed by atoms with E-state index in [0.29, 0.717) is 26.2 Å². The van der Waals surface area contributed by atoms with Gasteiger partial charge in [-0.2, -0.15) is 0 Å². The van der Waals surface area contributed by atoms with Gasteiger partial charge in [-0.15, -0.1) is 0 Å². The monoisotopic (exact) mass is 498 g/mol. The van der Waals surface area contributed by atoms with Gasteiger partial charge in [0.05, 0.1) is 49.8 Å². The minimum absolute atomic E-state index is 0.0593. The van der Waals surface area contributed by atoms with Crippen LogP contribution in [0.15, 0.2) is 60.7 Å². The van der Waals surface area contributed by atoms with Crippen LogP contribution < -0.4 is 0 Å². The first-order valence-corrected chi connectivity index (χ1v) is 12.7. The van der Waals surface area contributed by atoms with E-state index in [1.54, 1.807) is 14.2 Å². The summed E-state index contributed by atoms with van der Waals surface area (Å²) in [4.78, 5) is 0. The Morgan fingerprint density at radius 2 is 1.44 bits per heavy atom. The van der Waals surface area contributed by atoms with Crippen molar-refractivity contribution in [2.45, 2.75) is 68.8 Å². The lowest BCUT2D eigenvalue weighted by Crippen LogP contribution is -2.84. The van der Waals surface area contributed by atoms with Crippen LogP contribution in [-0.2, 0) is 41.6 Å². The molecule has 5 rings (SSSR count). The van der Waals surface area contributed by atoms with Gasteiger partial charge >= 0.3 is 0 Å². The number of fused-ring (bicyclic) bond motifs is 1. The van der Waals surface area contributed by atoms with Crippen molar-refractivity contribution in [2.75, 3.05) is 27.4 Å². The molecule has 2 aliphatic heterocycles. The third kappa shape index (κ3) is 4.21. The molecule has 3 fully saturated rings. The number of hydrogen-bond acceptors (Lipinski definition) is 7. The molecule has 0 radical (unpaired) electrons. The molecular formula is C29H38O7. The second-order valence-corrected chi connectivity index (χ2v) is 10.5. The first-order valence-electron chi connectivity index (χ1n) is 12.7. The van der Waals surface area contributed by atoms with E-state index in [9.17, 15) is 5.11 Å². The van der Waals surface area contributed by atoms with Crippen molar-refractivity contribution in [3.05, 3.63) is 71.8 Å². The fourth-order valence-corrected chi connectivity index (χ4v) is 6.62. The van der Waals surface area contributed by atoms with Crippen molar-refractivity contribution in [1.82, 2.24) is 0 Å². The first kappa shape index (κ1) is 25.8. The molecule has 2 saturated heterocycles. The molecule has 7 heteroatoms. The van der Waals surface area contributed by atoms with Crippen LogP contribution in [0, 0.1) is 11.8 Å². The number of hydrogen-bond donors (Lipinski definition) is 1. The molecule has 2 aromatic carbocycles. The van der Waals surface area contributed by atoms with Crippen LogP contribution in [0.3, 0.4) is 0 Å². The lowest BCUT2D eigenvalue weighted by molar-refractivity contribution is -0.435. The molecular weight excluding hydrogens is 460 g/mol. The van der Waals surface area contributed by atoms with Crippen LogP contribution in [-0.4, -0.2) is 67.8 Å². The molecule has 0 aromatic heterocycles. The Labute approximate surface area is 213 Å². The molecule has 2 heterocycles. The number of aliphatic hydroxyl groups excluding tert-OH is 1. The molecule has 1 spiro atoms. The molecule has 1 saturated carbocycles. The SMILES string of the molecule is COC1(C)[C@H]2[C@@H]([C@@H](OCc3ccccc3)[C@@]3(C[C@H](O)CO3)O[C@H]2COCc2ccccc2)C1(C)OC. The van der Waals surface area contributed by atoms with Gasteiger partial charge in [0.25, 0.3) is 0 Å². The van der Waals surface area contributed by atoms with E-state index in [1.165, 1.54) is 0 Å². The predicted molar refractivity (Wildman–Crippen MR) is 133 cm³/mol. The van der Waals surface area contributed by atoms with E-state index in [1.807, 2.05) is 60.7 Å². The Morgan fingerprint density at radius 3 is 2.00 bits per heavy atom. The van der Waals surface area contributed by atoms with Crippen LogP contribution in [0.25, 0.3) is 0 Å². The largest absolute Gasteiger partial charge is 0.391 e. The van der Waals surface area contributed by atoms with Crippen LogP contribution in [0.2, 0.25) is 0 Å². The summed E-state index contributed by atoms with van der Waals surface area (Å²) in [5.74, 6) is -1.25. The van der Waals surface area contributed by atoms with Gasteiger partial charge in [0, 0.05) is 32.5 Å². The summed E-state index contributed by atoms with van der Waals surface area (Å²) in [7, 11) is 3.44. The maximum absolute atomic E-state index is 10.5. The quantitative estimate of drug-likeness (QED) is 0.565. The van der Waals surface area contributed by atoms with Gasteiger partial charge in [-0.05, 0) is 25.0 Å². The molecule has 7 nitrogen and oxygen atoms in total. The molecule has 0 bridgehead atoms. The zero-order valence-corrected chi connectivity index (χ0v) is 21.6. The Kier molecular flexibility index (Phi) is 7.26. The Hall–Kier alpha value is -1.84. The highest BCUT2D eigenvalue weighted by Gasteiger charge is 2.78. The number of aliphatic hydroxyl groups is 1. The fourth-order valence-electron chi connectivity index (χ4n) is 6.62. The molecule has 1 N–H and O–H groups in total. The van der Waals surface area contributed by atoms with E-state index < -0.39 is 29.2 Å². The second-order valence-electron chi connectivity index (χ2n) is 10.5. The van der Waals surface area contributed by atoms with Crippen molar-refractivity contribution in [3.8, 4) is 0 Å². The van der Waals surface area contributed by atoms with Crippen molar-refractivity contribution < 1.29 is 33.5 Å². The van der Waals surface area contributed by atoms with Crippen LogP contribution in [0.1, 0.15) is 31.4 Å². The molecule has 1 aliphatic carbocycles. The Balaban J connectivity index is 1.44. The highest BCUT2D eigenvalue weighted by molar-refractivity contribution is 5.26. The van der Waals surface area contributed by atoms with Gasteiger partial charge in [-0.25, -0.2) is 0 Å². The summed E-state index contributed by atoms with van der Waals surface area (Å²) in [6.45, 7) is 5.59. The van der Waals surface area contributed by atoms with Gasteiger partial charge in [0.15, 0.2) is 5.79 Å². The fraction of sp³-hybridized carbons (Fsp3) is 0.586. The molecule has 3 aliphatic rings. The smallest absolute Gasteiger partial charge is 0.198 e. The van der Waals surface area contributed by atoms with Gasteiger partial charge in [-0.1, -0.05) is 60.7 Å². The number of benzene rings is 2. The summed E-state index contributed by atoms with van der Waals surface area (Å²) in [5, 5.41) is 10.5. The average molecular weight is 499 g/mol. The first-order chi connectivity index (χ1) is 17.4. The van der Waals surface area contributed by atoms with E-state index >= 15 is 0 Å². The second kappa shape index (κ2) is 10.1. The zero-order valence-electron chi connectivity index (χ0n) is 21.6. The molecule has 2 aromatic rings. The van der Waals surface area contributed by atoms with Crippen molar-refractivity contribution in [3.63, 3.8) is 0 Å². The molecule has 36 heavy (non-hydrogen) atoms. The number of ether oxygens (including phenoxy) is 6. The number of methoxy groups -OCH3 is 2. The number of rotatable bonds is 9. The van der Waals surface area contributed by atoms with Crippen molar-refractivity contribution in [1.29, 1.82) is 0 Å².